The lowest BCUT2D eigenvalue weighted by molar-refractivity contribution is -0.120. The molecule has 2 aromatic rings. The maximum absolute atomic E-state index is 11.3. The fourth-order valence-electron chi connectivity index (χ4n) is 1.91. The zero-order valence-corrected chi connectivity index (χ0v) is 8.60. The molecule has 1 fully saturated rings. The molecule has 0 aliphatic carbocycles. The smallest absolute Gasteiger partial charge is 0.239 e. The maximum atomic E-state index is 11.3. The number of aromatic nitrogens is 3. The van der Waals surface area contributed by atoms with Gasteiger partial charge in [0, 0.05) is 24.7 Å². The summed E-state index contributed by atoms with van der Waals surface area (Å²) < 4.78 is 0. The number of nitrogens with one attached hydrogen (secondary N) is 2. The van der Waals surface area contributed by atoms with Crippen LogP contribution in [0.1, 0.15) is 0 Å². The van der Waals surface area contributed by atoms with E-state index in [0.29, 0.717) is 13.1 Å². The van der Waals surface area contributed by atoms with Crippen molar-refractivity contribution in [3.05, 3.63) is 18.5 Å². The Hall–Kier alpha value is -2.11. The molecule has 2 aromatic heterocycles. The first-order valence-electron chi connectivity index (χ1n) is 5.14. The third kappa shape index (κ3) is 1.39. The largest absolute Gasteiger partial charge is 0.353 e. The number of piperazine rings is 1. The summed E-state index contributed by atoms with van der Waals surface area (Å²) in [5, 5.41) is 10.9. The van der Waals surface area contributed by atoms with Crippen LogP contribution in [-0.4, -0.2) is 40.7 Å². The summed E-state index contributed by atoms with van der Waals surface area (Å²) in [5.41, 5.74) is 0.892. The van der Waals surface area contributed by atoms with Gasteiger partial charge in [-0.2, -0.15) is 5.10 Å². The fourth-order valence-corrected chi connectivity index (χ4v) is 1.91. The number of H-pyrrole nitrogens is 1. The molecule has 0 spiro atoms. The van der Waals surface area contributed by atoms with E-state index in [1.165, 1.54) is 0 Å². The Morgan fingerprint density at radius 1 is 1.44 bits per heavy atom. The summed E-state index contributed by atoms with van der Waals surface area (Å²) in [4.78, 5) is 17.3. The first-order valence-corrected chi connectivity index (χ1v) is 5.14. The highest BCUT2D eigenvalue weighted by atomic mass is 16.2. The minimum absolute atomic E-state index is 0.0384. The second-order valence-electron chi connectivity index (χ2n) is 3.74. The van der Waals surface area contributed by atoms with Crippen molar-refractivity contribution in [2.75, 3.05) is 24.5 Å². The van der Waals surface area contributed by atoms with Crippen LogP contribution in [0.25, 0.3) is 10.9 Å². The topological polar surface area (TPSA) is 73.9 Å². The van der Waals surface area contributed by atoms with Gasteiger partial charge in [-0.05, 0) is 6.07 Å². The molecule has 2 N–H and O–H groups in total. The molecule has 3 heterocycles. The van der Waals surface area contributed by atoms with E-state index in [1.54, 1.807) is 12.4 Å². The van der Waals surface area contributed by atoms with Crippen LogP contribution in [0.2, 0.25) is 0 Å². The summed E-state index contributed by atoms with van der Waals surface area (Å²) >= 11 is 0. The first kappa shape index (κ1) is 9.14. The van der Waals surface area contributed by atoms with E-state index in [2.05, 4.69) is 20.5 Å². The number of fused-ring (bicyclic) bond motifs is 1. The van der Waals surface area contributed by atoms with Crippen molar-refractivity contribution in [2.24, 2.45) is 0 Å². The number of hydrogen-bond donors (Lipinski definition) is 2. The normalized spacial score (nSPS) is 16.5. The van der Waals surface area contributed by atoms with Crippen molar-refractivity contribution in [1.82, 2.24) is 20.5 Å². The molecule has 82 valence electrons. The van der Waals surface area contributed by atoms with Crippen LogP contribution < -0.4 is 10.2 Å². The van der Waals surface area contributed by atoms with Gasteiger partial charge in [0.2, 0.25) is 5.91 Å². The molecule has 1 aliphatic heterocycles. The summed E-state index contributed by atoms with van der Waals surface area (Å²) in [5.74, 6) is 0.865. The number of nitrogens with zero attached hydrogens (tertiary/aromatic N) is 3. The average Bonchev–Trinajstić information content (AvgIpc) is 2.72. The number of carbonyl (C=O) groups excluding carboxylic acids is 1. The summed E-state index contributed by atoms with van der Waals surface area (Å²) in [7, 11) is 0. The lowest BCUT2D eigenvalue weighted by atomic mass is 10.2. The molecular formula is C10H11N5O. The second-order valence-corrected chi connectivity index (χ2v) is 3.74. The van der Waals surface area contributed by atoms with Crippen LogP contribution in [0, 0.1) is 0 Å². The predicted molar refractivity (Wildman–Crippen MR) is 59.1 cm³/mol. The number of amides is 1. The van der Waals surface area contributed by atoms with Crippen LogP contribution in [0.15, 0.2) is 18.5 Å². The Bertz CT molecular complexity index is 535. The third-order valence-electron chi connectivity index (χ3n) is 2.68. The molecule has 6 heteroatoms. The summed E-state index contributed by atoms with van der Waals surface area (Å²) in [6, 6.07) is 1.90. The molecule has 0 bridgehead atoms. The minimum Gasteiger partial charge on any atom is -0.353 e. The monoisotopic (exact) mass is 217 g/mol. The molecule has 1 saturated heterocycles. The second kappa shape index (κ2) is 3.48. The van der Waals surface area contributed by atoms with Gasteiger partial charge in [-0.25, -0.2) is 0 Å². The van der Waals surface area contributed by atoms with Crippen molar-refractivity contribution >= 4 is 22.6 Å². The van der Waals surface area contributed by atoms with E-state index in [4.69, 9.17) is 0 Å². The van der Waals surface area contributed by atoms with Crippen molar-refractivity contribution in [2.45, 2.75) is 0 Å². The number of carbonyl (C=O) groups is 1. The van der Waals surface area contributed by atoms with Crippen molar-refractivity contribution in [3.63, 3.8) is 0 Å². The molecule has 0 saturated carbocycles. The lowest BCUT2D eigenvalue weighted by Crippen LogP contribution is -2.47. The van der Waals surface area contributed by atoms with Gasteiger partial charge in [-0.3, -0.25) is 14.9 Å². The van der Waals surface area contributed by atoms with E-state index < -0.39 is 0 Å². The summed E-state index contributed by atoms with van der Waals surface area (Å²) in [6.07, 6.45) is 3.46. The molecule has 16 heavy (non-hydrogen) atoms. The van der Waals surface area contributed by atoms with Crippen LogP contribution in [0.3, 0.4) is 0 Å². The van der Waals surface area contributed by atoms with Crippen molar-refractivity contribution < 1.29 is 4.79 Å². The molecule has 1 aliphatic rings. The molecule has 6 nitrogen and oxygen atoms in total. The molecule has 0 unspecified atom stereocenters. The molecule has 1 amide bonds. The van der Waals surface area contributed by atoms with E-state index in [9.17, 15) is 4.79 Å². The van der Waals surface area contributed by atoms with Gasteiger partial charge >= 0.3 is 0 Å². The number of hydrogen-bond acceptors (Lipinski definition) is 4. The van der Waals surface area contributed by atoms with Crippen molar-refractivity contribution in [1.29, 1.82) is 0 Å². The van der Waals surface area contributed by atoms with Crippen LogP contribution in [-0.2, 0) is 4.79 Å². The highest BCUT2D eigenvalue weighted by Gasteiger charge is 2.20. The molecule has 0 radical (unpaired) electrons. The SMILES string of the molecule is O=C1CN(c2n[nH]c3cnccc23)CCN1. The van der Waals surface area contributed by atoms with E-state index in [-0.39, 0.29) is 5.91 Å². The zero-order valence-electron chi connectivity index (χ0n) is 8.60. The van der Waals surface area contributed by atoms with Crippen LogP contribution in [0.5, 0.6) is 0 Å². The van der Waals surface area contributed by atoms with Crippen LogP contribution in [0.4, 0.5) is 5.82 Å². The molecule has 0 aromatic carbocycles. The lowest BCUT2D eigenvalue weighted by Gasteiger charge is -2.26. The zero-order chi connectivity index (χ0) is 11.0. The molecule has 0 atom stereocenters. The minimum atomic E-state index is 0.0384. The molecular weight excluding hydrogens is 206 g/mol. The van der Waals surface area contributed by atoms with Gasteiger partial charge in [-0.15, -0.1) is 0 Å². The van der Waals surface area contributed by atoms with Gasteiger partial charge in [0.05, 0.1) is 18.3 Å². The van der Waals surface area contributed by atoms with Gasteiger partial charge < -0.3 is 10.2 Å². The van der Waals surface area contributed by atoms with E-state index >= 15 is 0 Å². The highest BCUT2D eigenvalue weighted by Crippen LogP contribution is 2.22. The standard InChI is InChI=1S/C10H11N5O/c16-9-6-15(4-3-12-9)10-7-1-2-11-5-8(7)13-14-10/h1-2,5H,3-4,6H2,(H,12,16)(H,13,14). The Labute approximate surface area is 91.7 Å². The first-order chi connectivity index (χ1) is 7.84. The van der Waals surface area contributed by atoms with Crippen molar-refractivity contribution in [3.8, 4) is 0 Å². The third-order valence-corrected chi connectivity index (χ3v) is 2.68. The Balaban J connectivity index is 2.02. The Morgan fingerprint density at radius 2 is 2.38 bits per heavy atom. The number of pyridine rings is 1. The van der Waals surface area contributed by atoms with E-state index in [1.807, 2.05) is 11.0 Å². The maximum Gasteiger partial charge on any atom is 0.239 e. The van der Waals surface area contributed by atoms with Gasteiger partial charge in [0.1, 0.15) is 0 Å². The fraction of sp³-hybridized carbons (Fsp3) is 0.300. The summed E-state index contributed by atoms with van der Waals surface area (Å²) in [6.45, 7) is 1.81. The number of anilines is 1. The van der Waals surface area contributed by atoms with Gasteiger partial charge in [-0.1, -0.05) is 0 Å². The van der Waals surface area contributed by atoms with Gasteiger partial charge in [0.15, 0.2) is 5.82 Å². The Morgan fingerprint density at radius 3 is 3.25 bits per heavy atom. The Kier molecular flexibility index (Phi) is 1.99. The average molecular weight is 217 g/mol. The quantitative estimate of drug-likeness (QED) is 0.699. The number of rotatable bonds is 1. The van der Waals surface area contributed by atoms with Crippen LogP contribution >= 0.6 is 0 Å². The molecule has 3 rings (SSSR count). The predicted octanol–water partition coefficient (Wildman–Crippen LogP) is -0.106. The van der Waals surface area contributed by atoms with E-state index in [0.717, 1.165) is 23.3 Å². The number of aromatic amines is 1. The van der Waals surface area contributed by atoms with Gasteiger partial charge in [0.25, 0.3) is 0 Å². The highest BCUT2D eigenvalue weighted by molar-refractivity contribution is 5.92.